The summed E-state index contributed by atoms with van der Waals surface area (Å²) in [6.45, 7) is 5.53. The minimum Gasteiger partial charge on any atom is -0.452 e. The minimum absolute atomic E-state index is 0.0730. The molecule has 1 atom stereocenters. The van der Waals surface area contributed by atoms with E-state index in [0.29, 0.717) is 0 Å². The van der Waals surface area contributed by atoms with Crippen LogP contribution < -0.4 is 0 Å². The molecular weight excluding hydrogens is 190 g/mol. The third kappa shape index (κ3) is 2.59. The quantitative estimate of drug-likeness (QED) is 0.759. The first-order valence-electron chi connectivity index (χ1n) is 4.74. The number of benzene rings is 1. The zero-order valence-corrected chi connectivity index (χ0v) is 9.01. The number of hydrogen-bond donors (Lipinski definition) is 0. The molecule has 0 saturated carbocycles. The van der Waals surface area contributed by atoms with Crippen LogP contribution in [0.1, 0.15) is 18.5 Å². The molecule has 0 fully saturated rings. The Labute approximate surface area is 90.0 Å². The van der Waals surface area contributed by atoms with E-state index in [0.717, 1.165) is 5.56 Å². The molecule has 0 bridgehead atoms. The summed E-state index contributed by atoms with van der Waals surface area (Å²) in [4.78, 5) is 12.8. The minimum atomic E-state index is -0.402. The van der Waals surface area contributed by atoms with E-state index < -0.39 is 6.09 Å². The molecule has 1 rings (SSSR count). The van der Waals surface area contributed by atoms with Crippen LogP contribution in [-0.4, -0.2) is 18.1 Å². The zero-order chi connectivity index (χ0) is 11.3. The molecule has 0 N–H and O–H groups in total. The van der Waals surface area contributed by atoms with Gasteiger partial charge < -0.3 is 4.74 Å². The van der Waals surface area contributed by atoms with Gasteiger partial charge in [0.15, 0.2) is 0 Å². The molecule has 0 aliphatic rings. The summed E-state index contributed by atoms with van der Waals surface area (Å²) in [6.07, 6.45) is 1.07. The van der Waals surface area contributed by atoms with Gasteiger partial charge in [0, 0.05) is 6.20 Å². The highest BCUT2D eigenvalue weighted by molar-refractivity contribution is 5.69. The van der Waals surface area contributed by atoms with Crippen LogP contribution in [0.15, 0.2) is 43.1 Å². The largest absolute Gasteiger partial charge is 0.452 e. The Hall–Kier alpha value is -1.77. The first-order chi connectivity index (χ1) is 7.20. The second kappa shape index (κ2) is 5.20. The monoisotopic (exact) mass is 205 g/mol. The Kier molecular flexibility index (Phi) is 3.92. The van der Waals surface area contributed by atoms with E-state index in [4.69, 9.17) is 0 Å². The molecule has 3 heteroatoms. The van der Waals surface area contributed by atoms with Gasteiger partial charge in [-0.05, 0) is 12.5 Å². The standard InChI is InChI=1S/C12H15NO2/c1-4-13(12(14)15-3)10(2)11-8-6-5-7-9-11/h4-10H,1H2,2-3H3. The number of amides is 1. The molecule has 3 nitrogen and oxygen atoms in total. The third-order valence-electron chi connectivity index (χ3n) is 2.28. The summed E-state index contributed by atoms with van der Waals surface area (Å²) < 4.78 is 4.66. The van der Waals surface area contributed by atoms with Crippen molar-refractivity contribution in [3.8, 4) is 0 Å². The van der Waals surface area contributed by atoms with Crippen molar-refractivity contribution in [1.82, 2.24) is 4.90 Å². The van der Waals surface area contributed by atoms with Crippen LogP contribution in [0, 0.1) is 0 Å². The molecule has 15 heavy (non-hydrogen) atoms. The van der Waals surface area contributed by atoms with Gasteiger partial charge in [-0.3, -0.25) is 4.90 Å². The van der Waals surface area contributed by atoms with E-state index in [9.17, 15) is 4.79 Å². The first kappa shape index (κ1) is 11.3. The van der Waals surface area contributed by atoms with Gasteiger partial charge in [0.1, 0.15) is 0 Å². The fraction of sp³-hybridized carbons (Fsp3) is 0.250. The van der Waals surface area contributed by atoms with Crippen LogP contribution in [-0.2, 0) is 4.74 Å². The average Bonchev–Trinajstić information content (AvgIpc) is 2.30. The Morgan fingerprint density at radius 3 is 2.53 bits per heavy atom. The van der Waals surface area contributed by atoms with Crippen molar-refractivity contribution < 1.29 is 9.53 Å². The highest BCUT2D eigenvalue weighted by atomic mass is 16.5. The Morgan fingerprint density at radius 2 is 2.07 bits per heavy atom. The van der Waals surface area contributed by atoms with Crippen molar-refractivity contribution in [2.24, 2.45) is 0 Å². The molecular formula is C12H15NO2. The van der Waals surface area contributed by atoms with Gasteiger partial charge in [-0.2, -0.15) is 0 Å². The van der Waals surface area contributed by atoms with E-state index in [2.05, 4.69) is 11.3 Å². The second-order valence-electron chi connectivity index (χ2n) is 3.15. The molecule has 0 radical (unpaired) electrons. The number of ether oxygens (including phenoxy) is 1. The van der Waals surface area contributed by atoms with Gasteiger partial charge >= 0.3 is 6.09 Å². The van der Waals surface area contributed by atoms with Crippen molar-refractivity contribution in [2.45, 2.75) is 13.0 Å². The molecule has 0 heterocycles. The molecule has 0 spiro atoms. The fourth-order valence-corrected chi connectivity index (χ4v) is 1.39. The third-order valence-corrected chi connectivity index (χ3v) is 2.28. The van der Waals surface area contributed by atoms with Crippen molar-refractivity contribution in [1.29, 1.82) is 0 Å². The van der Waals surface area contributed by atoms with E-state index in [-0.39, 0.29) is 6.04 Å². The summed E-state index contributed by atoms with van der Waals surface area (Å²) in [5.41, 5.74) is 1.04. The maximum atomic E-state index is 11.4. The molecule has 0 saturated heterocycles. The summed E-state index contributed by atoms with van der Waals surface area (Å²) in [5.74, 6) is 0. The smallest absolute Gasteiger partial charge is 0.414 e. The molecule has 1 unspecified atom stereocenters. The number of carbonyl (C=O) groups excluding carboxylic acids is 1. The molecule has 1 aromatic rings. The number of nitrogens with zero attached hydrogens (tertiary/aromatic N) is 1. The maximum absolute atomic E-state index is 11.4. The molecule has 0 aliphatic heterocycles. The van der Waals surface area contributed by atoms with Crippen LogP contribution in [0.5, 0.6) is 0 Å². The van der Waals surface area contributed by atoms with Gasteiger partial charge in [-0.25, -0.2) is 4.79 Å². The molecule has 1 amide bonds. The predicted molar refractivity (Wildman–Crippen MR) is 59.3 cm³/mol. The second-order valence-corrected chi connectivity index (χ2v) is 3.15. The Bertz CT molecular complexity index is 335. The summed E-state index contributed by atoms with van der Waals surface area (Å²) in [7, 11) is 1.36. The number of rotatable bonds is 3. The van der Waals surface area contributed by atoms with E-state index in [1.165, 1.54) is 18.2 Å². The van der Waals surface area contributed by atoms with Crippen LogP contribution in [0.3, 0.4) is 0 Å². The molecule has 0 aliphatic carbocycles. The molecule has 0 aromatic heterocycles. The van der Waals surface area contributed by atoms with Gasteiger partial charge in [-0.1, -0.05) is 36.9 Å². The predicted octanol–water partition coefficient (Wildman–Crippen LogP) is 2.96. The molecule has 80 valence electrons. The lowest BCUT2D eigenvalue weighted by molar-refractivity contribution is 0.129. The van der Waals surface area contributed by atoms with E-state index in [1.807, 2.05) is 37.3 Å². The van der Waals surface area contributed by atoms with Crippen LogP contribution in [0.2, 0.25) is 0 Å². The Morgan fingerprint density at radius 1 is 1.47 bits per heavy atom. The number of carbonyl (C=O) groups is 1. The van der Waals surface area contributed by atoms with Crippen LogP contribution >= 0.6 is 0 Å². The van der Waals surface area contributed by atoms with Gasteiger partial charge in [-0.15, -0.1) is 0 Å². The average molecular weight is 205 g/mol. The lowest BCUT2D eigenvalue weighted by Gasteiger charge is -2.24. The van der Waals surface area contributed by atoms with E-state index in [1.54, 1.807) is 0 Å². The lowest BCUT2D eigenvalue weighted by Crippen LogP contribution is -2.28. The topological polar surface area (TPSA) is 29.5 Å². The summed E-state index contributed by atoms with van der Waals surface area (Å²) in [6, 6.07) is 9.66. The van der Waals surface area contributed by atoms with Gasteiger partial charge in [0.2, 0.25) is 0 Å². The SMILES string of the molecule is C=CN(C(=O)OC)C(C)c1ccccc1. The lowest BCUT2D eigenvalue weighted by atomic mass is 10.1. The fourth-order valence-electron chi connectivity index (χ4n) is 1.39. The zero-order valence-electron chi connectivity index (χ0n) is 9.01. The van der Waals surface area contributed by atoms with Crippen molar-refractivity contribution in [2.75, 3.05) is 7.11 Å². The molecule has 1 aromatic carbocycles. The normalized spacial score (nSPS) is 11.6. The van der Waals surface area contributed by atoms with Crippen molar-refractivity contribution >= 4 is 6.09 Å². The summed E-state index contributed by atoms with van der Waals surface area (Å²) in [5, 5.41) is 0. The van der Waals surface area contributed by atoms with Crippen molar-refractivity contribution in [3.05, 3.63) is 48.7 Å². The van der Waals surface area contributed by atoms with Crippen LogP contribution in [0.4, 0.5) is 4.79 Å². The van der Waals surface area contributed by atoms with Gasteiger partial charge in [0.25, 0.3) is 0 Å². The highest BCUT2D eigenvalue weighted by Crippen LogP contribution is 2.20. The van der Waals surface area contributed by atoms with E-state index >= 15 is 0 Å². The highest BCUT2D eigenvalue weighted by Gasteiger charge is 2.18. The van der Waals surface area contributed by atoms with Crippen molar-refractivity contribution in [3.63, 3.8) is 0 Å². The number of methoxy groups -OCH3 is 1. The first-order valence-corrected chi connectivity index (χ1v) is 4.74. The Balaban J connectivity index is 2.87. The maximum Gasteiger partial charge on any atom is 0.414 e. The van der Waals surface area contributed by atoms with Crippen LogP contribution in [0.25, 0.3) is 0 Å². The summed E-state index contributed by atoms with van der Waals surface area (Å²) >= 11 is 0. The van der Waals surface area contributed by atoms with Gasteiger partial charge in [0.05, 0.1) is 13.2 Å². The number of hydrogen-bond acceptors (Lipinski definition) is 2.